The van der Waals surface area contributed by atoms with Crippen LogP contribution in [-0.2, 0) is 0 Å². The number of allylic oxidation sites excluding steroid dienone is 1. The Kier molecular flexibility index (Phi) is 1.67. The molecule has 0 unspecified atom stereocenters. The number of hydrogen-bond acceptors (Lipinski definition) is 2. The molecule has 0 aliphatic carbocycles. The van der Waals surface area contributed by atoms with Gasteiger partial charge in [0.2, 0.25) is 5.95 Å². The highest BCUT2D eigenvalue weighted by atomic mass is 15.2. The van der Waals surface area contributed by atoms with Crippen LogP contribution in [0.25, 0.3) is 5.70 Å². The van der Waals surface area contributed by atoms with Gasteiger partial charge in [0.15, 0.2) is 0 Å². The smallest absolute Gasteiger partial charge is 0.233 e. The average molecular weight is 135 g/mol. The third-order valence-corrected chi connectivity index (χ3v) is 1.17. The topological polar surface area (TPSA) is 30.2 Å². The van der Waals surface area contributed by atoms with Gasteiger partial charge in [0.05, 0.1) is 0 Å². The molecule has 0 aliphatic rings. The second-order valence-corrected chi connectivity index (χ2v) is 1.99. The fraction of sp³-hybridized carbons (Fsp3) is 0.143. The van der Waals surface area contributed by atoms with Gasteiger partial charge in [0, 0.05) is 18.1 Å². The molecule has 0 atom stereocenters. The molecule has 0 aromatic carbocycles. The molecule has 0 N–H and O–H groups in total. The first-order valence-corrected chi connectivity index (χ1v) is 2.91. The SMILES string of the molecule is C=Nc1nccn1C(=C)C. The maximum atomic E-state index is 3.93. The molecular weight excluding hydrogens is 126 g/mol. The Balaban J connectivity index is 3.13. The second kappa shape index (κ2) is 2.47. The maximum Gasteiger partial charge on any atom is 0.233 e. The van der Waals surface area contributed by atoms with Gasteiger partial charge in [-0.1, -0.05) is 6.58 Å². The van der Waals surface area contributed by atoms with Crippen molar-refractivity contribution in [2.24, 2.45) is 4.99 Å². The summed E-state index contributed by atoms with van der Waals surface area (Å²) in [4.78, 5) is 7.62. The van der Waals surface area contributed by atoms with Crippen molar-refractivity contribution in [2.45, 2.75) is 6.92 Å². The van der Waals surface area contributed by atoms with Crippen molar-refractivity contribution in [3.63, 3.8) is 0 Å². The molecule has 0 amide bonds. The summed E-state index contributed by atoms with van der Waals surface area (Å²) in [5.74, 6) is 0.590. The molecule has 3 nitrogen and oxygen atoms in total. The van der Waals surface area contributed by atoms with Gasteiger partial charge in [-0.2, -0.15) is 0 Å². The number of hydrogen-bond donors (Lipinski definition) is 0. The summed E-state index contributed by atoms with van der Waals surface area (Å²) in [6, 6.07) is 0. The van der Waals surface area contributed by atoms with Gasteiger partial charge in [0.25, 0.3) is 0 Å². The van der Waals surface area contributed by atoms with Crippen LogP contribution >= 0.6 is 0 Å². The highest BCUT2D eigenvalue weighted by molar-refractivity contribution is 5.47. The molecule has 3 heteroatoms. The van der Waals surface area contributed by atoms with Gasteiger partial charge in [-0.05, 0) is 13.6 Å². The minimum Gasteiger partial charge on any atom is -0.289 e. The van der Waals surface area contributed by atoms with Gasteiger partial charge in [-0.3, -0.25) is 4.57 Å². The van der Waals surface area contributed by atoms with E-state index in [0.29, 0.717) is 5.95 Å². The lowest BCUT2D eigenvalue weighted by Gasteiger charge is -1.99. The highest BCUT2D eigenvalue weighted by Gasteiger charge is 1.97. The van der Waals surface area contributed by atoms with Gasteiger partial charge < -0.3 is 0 Å². The molecule has 1 aromatic rings. The Bertz CT molecular complexity index is 260. The van der Waals surface area contributed by atoms with E-state index in [4.69, 9.17) is 0 Å². The summed E-state index contributed by atoms with van der Waals surface area (Å²) in [5, 5.41) is 0. The third kappa shape index (κ3) is 0.978. The lowest BCUT2D eigenvalue weighted by Crippen LogP contribution is -1.87. The lowest BCUT2D eigenvalue weighted by molar-refractivity contribution is 1.07. The summed E-state index contributed by atoms with van der Waals surface area (Å²) < 4.78 is 1.77. The van der Waals surface area contributed by atoms with Gasteiger partial charge >= 0.3 is 0 Å². The van der Waals surface area contributed by atoms with E-state index in [1.54, 1.807) is 17.0 Å². The molecule has 0 saturated carbocycles. The van der Waals surface area contributed by atoms with Crippen molar-refractivity contribution in [3.05, 3.63) is 19.0 Å². The first-order chi connectivity index (χ1) is 4.75. The van der Waals surface area contributed by atoms with Crippen LogP contribution in [0.15, 0.2) is 24.0 Å². The van der Waals surface area contributed by atoms with E-state index >= 15 is 0 Å². The predicted octanol–water partition coefficient (Wildman–Crippen LogP) is 1.71. The monoisotopic (exact) mass is 135 g/mol. The van der Waals surface area contributed by atoms with Crippen molar-refractivity contribution in [1.29, 1.82) is 0 Å². The molecule has 1 aromatic heterocycles. The first-order valence-electron chi connectivity index (χ1n) is 2.91. The second-order valence-electron chi connectivity index (χ2n) is 1.99. The van der Waals surface area contributed by atoms with Crippen LogP contribution in [0.1, 0.15) is 6.92 Å². The lowest BCUT2D eigenvalue weighted by atomic mass is 10.5. The molecule has 0 saturated heterocycles. The van der Waals surface area contributed by atoms with Gasteiger partial charge in [-0.15, -0.1) is 0 Å². The Morgan fingerprint density at radius 3 is 2.90 bits per heavy atom. The fourth-order valence-electron chi connectivity index (χ4n) is 0.710. The number of nitrogens with zero attached hydrogens (tertiary/aromatic N) is 3. The Morgan fingerprint density at radius 1 is 1.80 bits per heavy atom. The molecule has 0 fully saturated rings. The van der Waals surface area contributed by atoms with E-state index in [0.717, 1.165) is 5.70 Å². The summed E-state index contributed by atoms with van der Waals surface area (Å²) in [7, 11) is 0. The van der Waals surface area contributed by atoms with Crippen LogP contribution < -0.4 is 0 Å². The van der Waals surface area contributed by atoms with Gasteiger partial charge in [0.1, 0.15) is 0 Å². The standard InChI is InChI=1S/C7H9N3/c1-6(2)10-5-4-9-7(10)8-3/h4-5H,1,3H2,2H3. The van der Waals surface area contributed by atoms with Crippen LogP contribution in [0.5, 0.6) is 0 Å². The molecule has 0 radical (unpaired) electrons. The van der Waals surface area contributed by atoms with Gasteiger partial charge in [-0.25, -0.2) is 9.98 Å². The average Bonchev–Trinajstić information content (AvgIpc) is 2.33. The number of aliphatic imine (C=N–C) groups is 1. The van der Waals surface area contributed by atoms with Crippen molar-refractivity contribution < 1.29 is 0 Å². The van der Waals surface area contributed by atoms with E-state index in [9.17, 15) is 0 Å². The number of imidazole rings is 1. The van der Waals surface area contributed by atoms with Crippen molar-refractivity contribution >= 4 is 18.4 Å². The molecule has 1 rings (SSSR count). The van der Waals surface area contributed by atoms with Crippen LogP contribution in [0, 0.1) is 0 Å². The molecule has 0 aliphatic heterocycles. The zero-order chi connectivity index (χ0) is 7.56. The summed E-state index contributed by atoms with van der Waals surface area (Å²) >= 11 is 0. The molecule has 10 heavy (non-hydrogen) atoms. The summed E-state index contributed by atoms with van der Waals surface area (Å²) in [5.41, 5.74) is 0.889. The van der Waals surface area contributed by atoms with E-state index in [-0.39, 0.29) is 0 Å². The Morgan fingerprint density at radius 2 is 2.50 bits per heavy atom. The molecule has 0 bridgehead atoms. The Hall–Kier alpha value is -1.38. The maximum absolute atomic E-state index is 3.93. The van der Waals surface area contributed by atoms with E-state index in [1.807, 2.05) is 6.92 Å². The van der Waals surface area contributed by atoms with Crippen molar-refractivity contribution in [3.8, 4) is 0 Å². The van der Waals surface area contributed by atoms with E-state index in [1.165, 1.54) is 0 Å². The molecule has 1 heterocycles. The van der Waals surface area contributed by atoms with E-state index < -0.39 is 0 Å². The zero-order valence-corrected chi connectivity index (χ0v) is 5.91. The van der Waals surface area contributed by atoms with Crippen molar-refractivity contribution in [1.82, 2.24) is 9.55 Å². The number of aromatic nitrogens is 2. The molecular formula is C7H9N3. The summed E-state index contributed by atoms with van der Waals surface area (Å²) in [6.07, 6.45) is 3.46. The normalized spacial score (nSPS) is 9.30. The van der Waals surface area contributed by atoms with Crippen molar-refractivity contribution in [2.75, 3.05) is 0 Å². The van der Waals surface area contributed by atoms with Crippen LogP contribution in [0.4, 0.5) is 5.95 Å². The highest BCUT2D eigenvalue weighted by Crippen LogP contribution is 2.11. The minimum absolute atomic E-state index is 0.590. The molecule has 0 spiro atoms. The molecule has 52 valence electrons. The van der Waals surface area contributed by atoms with Crippen LogP contribution in [0.3, 0.4) is 0 Å². The minimum atomic E-state index is 0.590. The zero-order valence-electron chi connectivity index (χ0n) is 5.91. The fourth-order valence-corrected chi connectivity index (χ4v) is 0.710. The third-order valence-electron chi connectivity index (χ3n) is 1.17. The van der Waals surface area contributed by atoms with Crippen LogP contribution in [0.2, 0.25) is 0 Å². The predicted molar refractivity (Wildman–Crippen MR) is 42.4 cm³/mol. The van der Waals surface area contributed by atoms with E-state index in [2.05, 4.69) is 23.3 Å². The summed E-state index contributed by atoms with van der Waals surface area (Å²) in [6.45, 7) is 9.00. The largest absolute Gasteiger partial charge is 0.289 e. The number of rotatable bonds is 2. The quantitative estimate of drug-likeness (QED) is 0.568. The Labute approximate surface area is 59.7 Å². The van der Waals surface area contributed by atoms with Crippen LogP contribution in [-0.4, -0.2) is 16.3 Å². The first kappa shape index (κ1) is 6.74.